The molecule has 2 heterocycles. The van der Waals surface area contributed by atoms with Gasteiger partial charge in [0, 0.05) is 44.8 Å². The summed E-state index contributed by atoms with van der Waals surface area (Å²) >= 11 is 0. The Kier molecular flexibility index (Phi) is 8.54. The highest BCUT2D eigenvalue weighted by Crippen LogP contribution is 2.33. The van der Waals surface area contributed by atoms with Gasteiger partial charge in [0.05, 0.1) is 16.9 Å². The van der Waals surface area contributed by atoms with Crippen LogP contribution >= 0.6 is 24.0 Å². The number of aliphatic imine (C=N–C) groups is 1. The minimum atomic E-state index is -4.48. The molecule has 0 atom stereocenters. The molecule has 0 unspecified atom stereocenters. The fraction of sp³-hybridized carbons (Fsp3) is 0.333. The fourth-order valence-electron chi connectivity index (χ4n) is 3.23. The molecule has 0 spiro atoms. The first-order valence-electron chi connectivity index (χ1n) is 9.57. The van der Waals surface area contributed by atoms with Crippen LogP contribution in [0, 0.1) is 13.8 Å². The SMILES string of the molecule is CN=C(NCCn1cccc1)NCc1ccc(-n2nc(C)cc2C)cc1C(F)(F)F.I. The van der Waals surface area contributed by atoms with Gasteiger partial charge < -0.3 is 15.2 Å². The monoisotopic (exact) mass is 546 g/mol. The van der Waals surface area contributed by atoms with Gasteiger partial charge in [0.25, 0.3) is 0 Å². The van der Waals surface area contributed by atoms with Crippen LogP contribution in [0.15, 0.2) is 53.8 Å². The van der Waals surface area contributed by atoms with Gasteiger partial charge in [-0.3, -0.25) is 4.99 Å². The summed E-state index contributed by atoms with van der Waals surface area (Å²) in [4.78, 5) is 4.08. The maximum atomic E-state index is 13.7. The standard InChI is InChI=1S/C21H25F3N6.HI/c1-15-12-16(2)30(28-15)18-7-6-17(19(13-18)21(22,23)24)14-27-20(25-3)26-8-11-29-9-4-5-10-29;/h4-7,9-10,12-13H,8,11,14H2,1-3H3,(H2,25,26,27);1H. The van der Waals surface area contributed by atoms with Gasteiger partial charge in [0.1, 0.15) is 0 Å². The molecule has 0 fully saturated rings. The normalized spacial score (nSPS) is 11.9. The van der Waals surface area contributed by atoms with Gasteiger partial charge in [0.15, 0.2) is 5.96 Å². The third-order valence-corrected chi connectivity index (χ3v) is 4.65. The van der Waals surface area contributed by atoms with E-state index in [1.807, 2.05) is 42.1 Å². The smallest absolute Gasteiger partial charge is 0.355 e. The Balaban J connectivity index is 0.00000341. The van der Waals surface area contributed by atoms with Crippen LogP contribution in [0.2, 0.25) is 0 Å². The van der Waals surface area contributed by atoms with E-state index in [0.29, 0.717) is 18.2 Å². The second kappa shape index (κ2) is 10.7. The number of guanidine groups is 1. The summed E-state index contributed by atoms with van der Waals surface area (Å²) in [6, 6.07) is 9.95. The number of hydrogen-bond donors (Lipinski definition) is 2. The van der Waals surface area contributed by atoms with Crippen molar-refractivity contribution in [1.29, 1.82) is 0 Å². The average molecular weight is 546 g/mol. The Labute approximate surface area is 196 Å². The number of hydrogen-bond acceptors (Lipinski definition) is 2. The van der Waals surface area contributed by atoms with Crippen LogP contribution < -0.4 is 10.6 Å². The van der Waals surface area contributed by atoms with Crippen molar-refractivity contribution >= 4 is 29.9 Å². The van der Waals surface area contributed by atoms with Crippen molar-refractivity contribution in [3.63, 3.8) is 0 Å². The molecular formula is C21H26F3IN6. The highest BCUT2D eigenvalue weighted by Gasteiger charge is 2.33. The lowest BCUT2D eigenvalue weighted by molar-refractivity contribution is -0.138. The molecule has 1 aromatic carbocycles. The summed E-state index contributed by atoms with van der Waals surface area (Å²) in [5.74, 6) is 0.443. The Hall–Kier alpha value is -2.50. The second-order valence-electron chi connectivity index (χ2n) is 6.95. The predicted molar refractivity (Wildman–Crippen MR) is 126 cm³/mol. The predicted octanol–water partition coefficient (Wildman–Crippen LogP) is 4.29. The van der Waals surface area contributed by atoms with Gasteiger partial charge in [-0.15, -0.1) is 24.0 Å². The van der Waals surface area contributed by atoms with E-state index in [0.717, 1.165) is 24.0 Å². The molecule has 0 saturated heterocycles. The number of rotatable bonds is 6. The molecule has 2 aromatic heterocycles. The molecule has 168 valence electrons. The van der Waals surface area contributed by atoms with E-state index in [4.69, 9.17) is 0 Å². The molecule has 3 rings (SSSR count). The van der Waals surface area contributed by atoms with Crippen LogP contribution in [0.3, 0.4) is 0 Å². The number of nitrogens with zero attached hydrogens (tertiary/aromatic N) is 4. The fourth-order valence-corrected chi connectivity index (χ4v) is 3.23. The number of nitrogens with one attached hydrogen (secondary N) is 2. The van der Waals surface area contributed by atoms with E-state index in [9.17, 15) is 13.2 Å². The summed E-state index contributed by atoms with van der Waals surface area (Å²) < 4.78 is 44.6. The summed E-state index contributed by atoms with van der Waals surface area (Å²) in [5.41, 5.74) is 1.36. The van der Waals surface area contributed by atoms with Crippen LogP contribution in [0.4, 0.5) is 13.2 Å². The number of halogens is 4. The van der Waals surface area contributed by atoms with Crippen molar-refractivity contribution in [2.45, 2.75) is 33.1 Å². The molecule has 10 heteroatoms. The molecule has 31 heavy (non-hydrogen) atoms. The summed E-state index contributed by atoms with van der Waals surface area (Å²) in [6.45, 7) is 4.93. The lowest BCUT2D eigenvalue weighted by Gasteiger charge is -2.17. The Bertz CT molecular complexity index is 1010. The molecule has 6 nitrogen and oxygen atoms in total. The van der Waals surface area contributed by atoms with Gasteiger partial charge >= 0.3 is 6.18 Å². The molecule has 0 radical (unpaired) electrons. The van der Waals surface area contributed by atoms with E-state index >= 15 is 0 Å². The van der Waals surface area contributed by atoms with Gasteiger partial charge in [-0.25, -0.2) is 4.68 Å². The number of alkyl halides is 3. The largest absolute Gasteiger partial charge is 0.416 e. The van der Waals surface area contributed by atoms with Crippen LogP contribution in [-0.4, -0.2) is 33.9 Å². The van der Waals surface area contributed by atoms with Crippen LogP contribution in [0.1, 0.15) is 22.5 Å². The number of benzene rings is 1. The topological polar surface area (TPSA) is 59.2 Å². The van der Waals surface area contributed by atoms with Crippen molar-refractivity contribution in [3.05, 3.63) is 71.3 Å². The third-order valence-electron chi connectivity index (χ3n) is 4.65. The lowest BCUT2D eigenvalue weighted by atomic mass is 10.1. The Morgan fingerprint density at radius 1 is 1.10 bits per heavy atom. The zero-order valence-electron chi connectivity index (χ0n) is 17.6. The van der Waals surface area contributed by atoms with Crippen molar-refractivity contribution in [3.8, 4) is 5.69 Å². The first kappa shape index (κ1) is 24.8. The molecule has 0 aliphatic rings. The van der Waals surface area contributed by atoms with E-state index in [2.05, 4.69) is 20.7 Å². The van der Waals surface area contributed by atoms with Crippen LogP contribution in [0.5, 0.6) is 0 Å². The maximum Gasteiger partial charge on any atom is 0.416 e. The van der Waals surface area contributed by atoms with Crippen molar-refractivity contribution in [2.75, 3.05) is 13.6 Å². The van der Waals surface area contributed by atoms with Crippen LogP contribution in [-0.2, 0) is 19.3 Å². The molecule has 0 bridgehead atoms. The molecule has 0 aliphatic carbocycles. The quantitative estimate of drug-likeness (QED) is 0.276. The van der Waals surface area contributed by atoms with E-state index in [-0.39, 0.29) is 36.1 Å². The van der Waals surface area contributed by atoms with Crippen molar-refractivity contribution in [2.24, 2.45) is 4.99 Å². The summed E-state index contributed by atoms with van der Waals surface area (Å²) in [5, 5.41) is 10.3. The van der Waals surface area contributed by atoms with E-state index < -0.39 is 11.7 Å². The van der Waals surface area contributed by atoms with E-state index in [1.165, 1.54) is 10.7 Å². The number of aromatic nitrogens is 3. The minimum absolute atomic E-state index is 0. The third kappa shape index (κ3) is 6.49. The zero-order valence-corrected chi connectivity index (χ0v) is 19.9. The average Bonchev–Trinajstić information content (AvgIpc) is 3.33. The minimum Gasteiger partial charge on any atom is -0.355 e. The molecule has 2 N–H and O–H groups in total. The van der Waals surface area contributed by atoms with Crippen LogP contribution in [0.25, 0.3) is 5.69 Å². The summed E-state index contributed by atoms with van der Waals surface area (Å²) in [6.07, 6.45) is -0.593. The first-order chi connectivity index (χ1) is 14.3. The Morgan fingerprint density at radius 2 is 1.81 bits per heavy atom. The van der Waals surface area contributed by atoms with Crippen molar-refractivity contribution < 1.29 is 13.2 Å². The molecular weight excluding hydrogens is 520 g/mol. The molecule has 0 aliphatic heterocycles. The maximum absolute atomic E-state index is 13.7. The van der Waals surface area contributed by atoms with Gasteiger partial charge in [-0.1, -0.05) is 6.07 Å². The first-order valence-corrected chi connectivity index (χ1v) is 9.57. The highest BCUT2D eigenvalue weighted by atomic mass is 127. The number of aryl methyl sites for hydroxylation is 2. The molecule has 0 saturated carbocycles. The zero-order chi connectivity index (χ0) is 21.7. The second-order valence-corrected chi connectivity index (χ2v) is 6.95. The summed E-state index contributed by atoms with van der Waals surface area (Å²) in [7, 11) is 1.58. The van der Waals surface area contributed by atoms with Gasteiger partial charge in [-0.05, 0) is 49.7 Å². The van der Waals surface area contributed by atoms with Gasteiger partial charge in [0.2, 0.25) is 0 Å². The lowest BCUT2D eigenvalue weighted by Crippen LogP contribution is -2.38. The van der Waals surface area contributed by atoms with Gasteiger partial charge in [-0.2, -0.15) is 18.3 Å². The molecule has 3 aromatic rings. The van der Waals surface area contributed by atoms with Crippen molar-refractivity contribution in [1.82, 2.24) is 25.0 Å². The molecule has 0 amide bonds. The Morgan fingerprint density at radius 3 is 2.39 bits per heavy atom. The highest BCUT2D eigenvalue weighted by molar-refractivity contribution is 14.0. The van der Waals surface area contributed by atoms with E-state index in [1.54, 1.807) is 20.0 Å².